The van der Waals surface area contributed by atoms with E-state index in [1.165, 1.54) is 28.6 Å². The number of unbranched alkanes of at least 4 members (excludes halogenated alkanes) is 1. The van der Waals surface area contributed by atoms with Crippen molar-refractivity contribution in [3.63, 3.8) is 0 Å². The van der Waals surface area contributed by atoms with E-state index in [1.807, 2.05) is 56.3 Å². The highest BCUT2D eigenvalue weighted by atomic mass is 32.2. The van der Waals surface area contributed by atoms with Gasteiger partial charge in [-0.1, -0.05) is 74.9 Å². The van der Waals surface area contributed by atoms with E-state index in [4.69, 9.17) is 11.5 Å². The number of anilines is 1. The van der Waals surface area contributed by atoms with Gasteiger partial charge in [-0.05, 0) is 59.7 Å². The van der Waals surface area contributed by atoms with Crippen molar-refractivity contribution < 1.29 is 23.1 Å². The monoisotopic (exact) mass is 580 g/mol. The van der Waals surface area contributed by atoms with E-state index in [0.29, 0.717) is 30.5 Å². The van der Waals surface area contributed by atoms with Gasteiger partial charge >= 0.3 is 0 Å². The van der Waals surface area contributed by atoms with E-state index in [0.717, 1.165) is 11.1 Å². The van der Waals surface area contributed by atoms with Crippen molar-refractivity contribution in [3.8, 4) is 11.1 Å². The average molecular weight is 581 g/mol. The number of nitrogens with one attached hydrogen (secondary N) is 1. The van der Waals surface area contributed by atoms with Crippen molar-refractivity contribution in [3.05, 3.63) is 84.4 Å². The second-order valence-corrected chi connectivity index (χ2v) is 12.3. The van der Waals surface area contributed by atoms with Crippen LogP contribution in [0.15, 0.2) is 83.8 Å². The molecule has 6 N–H and O–H groups in total. The lowest BCUT2D eigenvalue weighted by Gasteiger charge is -2.31. The zero-order valence-electron chi connectivity index (χ0n) is 23.6. The van der Waals surface area contributed by atoms with Crippen LogP contribution in [0.4, 0.5) is 5.69 Å². The molecule has 2 atom stereocenters. The molecule has 0 fully saturated rings. The number of carbonyl (C=O) groups is 2. The molecule has 3 aromatic rings. The van der Waals surface area contributed by atoms with Gasteiger partial charge in [0.05, 0.1) is 11.5 Å². The van der Waals surface area contributed by atoms with Crippen LogP contribution in [-0.4, -0.2) is 55.4 Å². The Hall–Kier alpha value is -3.73. The molecule has 3 aromatic carbocycles. The Bertz CT molecular complexity index is 1400. The van der Waals surface area contributed by atoms with E-state index in [2.05, 4.69) is 5.32 Å². The molecule has 9 nitrogen and oxygen atoms in total. The summed E-state index contributed by atoms with van der Waals surface area (Å²) in [6.45, 7) is 4.01. The van der Waals surface area contributed by atoms with Gasteiger partial charge in [-0.3, -0.25) is 9.59 Å². The van der Waals surface area contributed by atoms with Gasteiger partial charge in [-0.25, -0.2) is 8.42 Å². The number of nitrogens with zero attached hydrogens (tertiary/aromatic N) is 1. The fraction of sp³-hybridized carbons (Fsp3) is 0.355. The molecule has 0 spiro atoms. The number of primary amides is 1. The minimum absolute atomic E-state index is 0.0383. The van der Waals surface area contributed by atoms with Crippen molar-refractivity contribution in [2.45, 2.75) is 50.0 Å². The number of hydrogen-bond donors (Lipinski definition) is 4. The Balaban J connectivity index is 1.64. The summed E-state index contributed by atoms with van der Waals surface area (Å²) in [4.78, 5) is 25.6. The number of benzene rings is 3. The molecular weight excluding hydrogens is 540 g/mol. The summed E-state index contributed by atoms with van der Waals surface area (Å²) < 4.78 is 28.2. The van der Waals surface area contributed by atoms with Gasteiger partial charge in [0.15, 0.2) is 0 Å². The maximum Gasteiger partial charge on any atom is 0.243 e. The molecule has 41 heavy (non-hydrogen) atoms. The van der Waals surface area contributed by atoms with Gasteiger partial charge in [0.25, 0.3) is 0 Å². The molecule has 0 radical (unpaired) electrons. The van der Waals surface area contributed by atoms with Crippen molar-refractivity contribution in [1.82, 2.24) is 9.62 Å². The summed E-state index contributed by atoms with van der Waals surface area (Å²) in [5, 5.41) is 13.0. The molecule has 2 amide bonds. The summed E-state index contributed by atoms with van der Waals surface area (Å²) in [5.41, 5.74) is 14.0. The van der Waals surface area contributed by atoms with Crippen molar-refractivity contribution >= 4 is 27.5 Å². The van der Waals surface area contributed by atoms with E-state index in [-0.39, 0.29) is 30.5 Å². The molecule has 3 rings (SSSR count). The third-order valence-corrected chi connectivity index (χ3v) is 8.75. The number of rotatable bonds is 15. The number of hydrogen-bond acceptors (Lipinski definition) is 6. The number of nitrogens with two attached hydrogens (primary N) is 2. The highest BCUT2D eigenvalue weighted by molar-refractivity contribution is 7.89. The van der Waals surface area contributed by atoms with Crippen LogP contribution in [-0.2, 0) is 19.6 Å². The van der Waals surface area contributed by atoms with Gasteiger partial charge < -0.3 is 21.9 Å². The predicted molar refractivity (Wildman–Crippen MR) is 161 cm³/mol. The van der Waals surface area contributed by atoms with E-state index < -0.39 is 33.8 Å². The molecular formula is C31H40N4O5S. The Labute approximate surface area is 242 Å². The normalized spacial score (nSPS) is 13.2. The van der Waals surface area contributed by atoms with E-state index in [1.54, 1.807) is 12.1 Å². The predicted octanol–water partition coefficient (Wildman–Crippen LogP) is 3.50. The first-order valence-corrected chi connectivity index (χ1v) is 15.2. The molecule has 0 heterocycles. The maximum atomic E-state index is 13.4. The SMILES string of the molecule is CC(C)CN(C(CO)CCCCNC(=O)C(C(N)=O)c1ccccc1-c1ccccc1)S(=O)(=O)c1ccc(N)cc1. The molecule has 0 aliphatic heterocycles. The highest BCUT2D eigenvalue weighted by Crippen LogP contribution is 2.30. The quantitative estimate of drug-likeness (QED) is 0.122. The number of amides is 2. The molecule has 10 heteroatoms. The van der Waals surface area contributed by atoms with Crippen LogP contribution in [0.5, 0.6) is 0 Å². The first-order valence-electron chi connectivity index (χ1n) is 13.8. The molecule has 0 bridgehead atoms. The number of aliphatic hydroxyl groups excluding tert-OH is 1. The Morgan fingerprint density at radius 3 is 2.17 bits per heavy atom. The first-order chi connectivity index (χ1) is 19.6. The lowest BCUT2D eigenvalue weighted by molar-refractivity contribution is -0.129. The van der Waals surface area contributed by atoms with Gasteiger partial charge in [0.2, 0.25) is 21.8 Å². The van der Waals surface area contributed by atoms with E-state index >= 15 is 0 Å². The largest absolute Gasteiger partial charge is 0.399 e. The lowest BCUT2D eigenvalue weighted by Crippen LogP contribution is -2.44. The van der Waals surface area contributed by atoms with Crippen LogP contribution >= 0.6 is 0 Å². The van der Waals surface area contributed by atoms with Gasteiger partial charge in [0.1, 0.15) is 5.92 Å². The summed E-state index contributed by atoms with van der Waals surface area (Å²) in [6, 6.07) is 22.0. The topological polar surface area (TPSA) is 156 Å². The summed E-state index contributed by atoms with van der Waals surface area (Å²) >= 11 is 0. The van der Waals surface area contributed by atoms with Crippen molar-refractivity contribution in [2.75, 3.05) is 25.4 Å². The molecule has 0 aliphatic rings. The standard InChI is InChI=1S/C31H40N4O5S/c1-22(2)20-35(41(39,40)26-17-15-24(32)16-18-26)25(21-36)12-8-9-19-34-31(38)29(30(33)37)28-14-7-6-13-27(28)23-10-4-3-5-11-23/h3-7,10-11,13-18,22,25,29,36H,8-9,12,19-21,32H2,1-2H3,(H2,33,37)(H,34,38). The minimum atomic E-state index is -3.86. The maximum absolute atomic E-state index is 13.4. The second kappa shape index (κ2) is 14.8. The third kappa shape index (κ3) is 8.39. The first kappa shape index (κ1) is 31.8. The van der Waals surface area contributed by atoms with Crippen LogP contribution in [0, 0.1) is 5.92 Å². The van der Waals surface area contributed by atoms with Crippen LogP contribution in [0.1, 0.15) is 44.6 Å². The van der Waals surface area contributed by atoms with Crippen molar-refractivity contribution in [1.29, 1.82) is 0 Å². The third-order valence-electron chi connectivity index (χ3n) is 6.82. The van der Waals surface area contributed by atoms with Crippen LogP contribution in [0.2, 0.25) is 0 Å². The number of aliphatic hydroxyl groups is 1. The van der Waals surface area contributed by atoms with Gasteiger partial charge in [-0.15, -0.1) is 0 Å². The zero-order chi connectivity index (χ0) is 30.0. The number of sulfonamides is 1. The van der Waals surface area contributed by atoms with Gasteiger partial charge in [0, 0.05) is 24.8 Å². The molecule has 2 unspecified atom stereocenters. The summed E-state index contributed by atoms with van der Waals surface area (Å²) in [7, 11) is -3.86. The van der Waals surface area contributed by atoms with Crippen LogP contribution in [0.3, 0.4) is 0 Å². The average Bonchev–Trinajstić information content (AvgIpc) is 2.95. The minimum Gasteiger partial charge on any atom is -0.399 e. The molecule has 0 aliphatic carbocycles. The number of carbonyl (C=O) groups excluding carboxylic acids is 2. The molecule has 0 saturated heterocycles. The van der Waals surface area contributed by atoms with Crippen LogP contribution < -0.4 is 16.8 Å². The molecule has 0 saturated carbocycles. The Kier molecular flexibility index (Phi) is 11.5. The second-order valence-electron chi connectivity index (χ2n) is 10.4. The highest BCUT2D eigenvalue weighted by Gasteiger charge is 2.32. The summed E-state index contributed by atoms with van der Waals surface area (Å²) in [6.07, 6.45) is 1.45. The van der Waals surface area contributed by atoms with Crippen LogP contribution in [0.25, 0.3) is 11.1 Å². The Morgan fingerprint density at radius 1 is 0.927 bits per heavy atom. The lowest BCUT2D eigenvalue weighted by atomic mass is 9.89. The molecule has 220 valence electrons. The fourth-order valence-electron chi connectivity index (χ4n) is 4.78. The zero-order valence-corrected chi connectivity index (χ0v) is 24.4. The van der Waals surface area contributed by atoms with E-state index in [9.17, 15) is 23.1 Å². The van der Waals surface area contributed by atoms with Crippen molar-refractivity contribution in [2.24, 2.45) is 11.7 Å². The number of nitrogen functional groups attached to an aromatic ring is 1. The Morgan fingerprint density at radius 2 is 1.56 bits per heavy atom. The smallest absolute Gasteiger partial charge is 0.243 e. The molecule has 0 aromatic heterocycles. The summed E-state index contributed by atoms with van der Waals surface area (Å²) in [5.74, 6) is -2.37. The van der Waals surface area contributed by atoms with Gasteiger partial charge in [-0.2, -0.15) is 4.31 Å². The fourth-order valence-corrected chi connectivity index (χ4v) is 6.59.